The van der Waals surface area contributed by atoms with Crippen LogP contribution >= 0.6 is 0 Å². The Hall–Kier alpha value is -3.85. The first-order valence-electron chi connectivity index (χ1n) is 9.03. The number of rotatable bonds is 2. The predicted molar refractivity (Wildman–Crippen MR) is 104 cm³/mol. The van der Waals surface area contributed by atoms with E-state index in [-0.39, 0.29) is 5.75 Å². The molecular formula is C19H17F3N6O3. The van der Waals surface area contributed by atoms with Crippen molar-refractivity contribution in [3.8, 4) is 22.9 Å². The van der Waals surface area contributed by atoms with E-state index in [1.807, 2.05) is 12.1 Å². The summed E-state index contributed by atoms with van der Waals surface area (Å²) in [5.41, 5.74) is 2.72. The predicted octanol–water partition coefficient (Wildman–Crippen LogP) is 2.02. The minimum Gasteiger partial charge on any atom is -0.506 e. The van der Waals surface area contributed by atoms with Gasteiger partial charge in [-0.25, -0.2) is 14.3 Å². The number of hydrogen-bond acceptors (Lipinski definition) is 7. The number of fused-ring (bicyclic) bond motifs is 1. The van der Waals surface area contributed by atoms with E-state index in [1.165, 1.54) is 16.9 Å². The molecule has 0 unspecified atom stereocenters. The summed E-state index contributed by atoms with van der Waals surface area (Å²) in [4.78, 5) is 15.7. The average Bonchev–Trinajstić information content (AvgIpc) is 3.16. The molecule has 9 nitrogen and oxygen atoms in total. The fraction of sp³-hybridized carbons (Fsp3) is 0.263. The third kappa shape index (κ3) is 5.01. The van der Waals surface area contributed by atoms with Crippen molar-refractivity contribution in [3.05, 3.63) is 42.4 Å². The van der Waals surface area contributed by atoms with Gasteiger partial charge in [0.25, 0.3) is 0 Å². The maximum Gasteiger partial charge on any atom is 0.490 e. The molecule has 4 rings (SSSR count). The summed E-state index contributed by atoms with van der Waals surface area (Å²) in [6.45, 7) is 3.78. The number of pyridine rings is 2. The zero-order valence-corrected chi connectivity index (χ0v) is 16.0. The Kier molecular flexibility index (Phi) is 6.26. The molecule has 3 aromatic rings. The van der Waals surface area contributed by atoms with E-state index in [4.69, 9.17) is 9.90 Å². The Morgan fingerprint density at radius 3 is 2.45 bits per heavy atom. The number of nitriles is 1. The molecule has 162 valence electrons. The van der Waals surface area contributed by atoms with Crippen LogP contribution in [0.15, 0.2) is 36.8 Å². The molecule has 1 fully saturated rings. The van der Waals surface area contributed by atoms with Gasteiger partial charge in [-0.05, 0) is 18.2 Å². The Bertz CT molecular complexity index is 1120. The van der Waals surface area contributed by atoms with Crippen molar-refractivity contribution in [2.75, 3.05) is 31.1 Å². The third-order valence-corrected chi connectivity index (χ3v) is 4.46. The van der Waals surface area contributed by atoms with E-state index in [2.05, 4.69) is 26.4 Å². The van der Waals surface area contributed by atoms with E-state index in [0.29, 0.717) is 11.1 Å². The van der Waals surface area contributed by atoms with Crippen LogP contribution in [0.5, 0.6) is 5.75 Å². The van der Waals surface area contributed by atoms with Gasteiger partial charge in [0.15, 0.2) is 0 Å². The van der Waals surface area contributed by atoms with E-state index in [9.17, 15) is 23.5 Å². The molecule has 0 bridgehead atoms. The maximum absolute atomic E-state index is 10.6. The molecule has 3 N–H and O–H groups in total. The first kappa shape index (κ1) is 21.8. The third-order valence-electron chi connectivity index (χ3n) is 4.46. The maximum atomic E-state index is 10.6. The van der Waals surface area contributed by atoms with E-state index in [1.54, 1.807) is 12.3 Å². The zero-order chi connectivity index (χ0) is 22.6. The lowest BCUT2D eigenvalue weighted by atomic mass is 10.1. The number of carbonyl (C=O) groups is 1. The molecule has 0 aliphatic carbocycles. The molecule has 0 atom stereocenters. The minimum absolute atomic E-state index is 0.0938. The van der Waals surface area contributed by atoms with Crippen molar-refractivity contribution in [1.82, 2.24) is 19.9 Å². The highest BCUT2D eigenvalue weighted by Crippen LogP contribution is 2.30. The van der Waals surface area contributed by atoms with Crippen molar-refractivity contribution in [2.45, 2.75) is 6.18 Å². The van der Waals surface area contributed by atoms with E-state index in [0.717, 1.165) is 43.1 Å². The van der Waals surface area contributed by atoms with Crippen LogP contribution in [0.3, 0.4) is 0 Å². The molecule has 31 heavy (non-hydrogen) atoms. The Balaban J connectivity index is 0.000000339. The number of anilines is 1. The number of nitrogens with zero attached hydrogens (tertiary/aromatic N) is 5. The number of carboxylic acids is 1. The van der Waals surface area contributed by atoms with Gasteiger partial charge in [0.05, 0.1) is 23.5 Å². The molecule has 3 aromatic heterocycles. The summed E-state index contributed by atoms with van der Waals surface area (Å²) in [5.74, 6) is -1.73. The van der Waals surface area contributed by atoms with Gasteiger partial charge in [-0.3, -0.25) is 0 Å². The van der Waals surface area contributed by atoms with Crippen LogP contribution in [0.1, 0.15) is 5.56 Å². The van der Waals surface area contributed by atoms with Crippen molar-refractivity contribution in [1.29, 1.82) is 5.26 Å². The average molecular weight is 434 g/mol. The largest absolute Gasteiger partial charge is 0.506 e. The van der Waals surface area contributed by atoms with Crippen molar-refractivity contribution in [3.63, 3.8) is 0 Å². The highest BCUT2D eigenvalue weighted by atomic mass is 19.4. The fourth-order valence-corrected chi connectivity index (χ4v) is 3.04. The van der Waals surface area contributed by atoms with Crippen molar-refractivity contribution < 1.29 is 28.2 Å². The summed E-state index contributed by atoms with van der Waals surface area (Å²) >= 11 is 0. The molecule has 0 radical (unpaired) electrons. The van der Waals surface area contributed by atoms with Crippen LogP contribution in [0, 0.1) is 11.3 Å². The molecule has 1 aliphatic heterocycles. The van der Waals surface area contributed by atoms with Crippen LogP contribution in [-0.4, -0.2) is 63.1 Å². The molecular weight excluding hydrogens is 417 g/mol. The lowest BCUT2D eigenvalue weighted by molar-refractivity contribution is -0.192. The summed E-state index contributed by atoms with van der Waals surface area (Å²) in [7, 11) is 0. The number of aliphatic carboxylic acids is 1. The van der Waals surface area contributed by atoms with Crippen molar-refractivity contribution in [2.24, 2.45) is 0 Å². The molecule has 4 heterocycles. The second kappa shape index (κ2) is 8.88. The second-order valence-electron chi connectivity index (χ2n) is 6.52. The highest BCUT2D eigenvalue weighted by molar-refractivity contribution is 5.85. The number of hydrogen-bond donors (Lipinski definition) is 3. The molecule has 1 aliphatic rings. The number of halogens is 3. The Morgan fingerprint density at radius 2 is 1.90 bits per heavy atom. The molecule has 1 saturated heterocycles. The summed E-state index contributed by atoms with van der Waals surface area (Å²) in [6, 6.07) is 7.72. The number of alkyl halides is 3. The first-order chi connectivity index (χ1) is 14.7. The lowest BCUT2D eigenvalue weighted by Gasteiger charge is -2.28. The number of aromatic nitrogens is 3. The molecule has 0 spiro atoms. The van der Waals surface area contributed by atoms with Crippen LogP contribution in [0.25, 0.3) is 16.6 Å². The number of piperazine rings is 1. The van der Waals surface area contributed by atoms with Crippen LogP contribution in [-0.2, 0) is 4.79 Å². The number of aromatic hydroxyl groups is 1. The van der Waals surface area contributed by atoms with Crippen LogP contribution in [0.2, 0.25) is 0 Å². The monoisotopic (exact) mass is 434 g/mol. The topological polar surface area (TPSA) is 127 Å². The van der Waals surface area contributed by atoms with Crippen LogP contribution < -0.4 is 10.2 Å². The summed E-state index contributed by atoms with van der Waals surface area (Å²) in [5, 5.41) is 33.8. The summed E-state index contributed by atoms with van der Waals surface area (Å²) in [6.07, 6.45) is -0.316. The van der Waals surface area contributed by atoms with Gasteiger partial charge in [0.1, 0.15) is 17.6 Å². The zero-order valence-electron chi connectivity index (χ0n) is 16.0. The molecule has 0 amide bonds. The van der Waals surface area contributed by atoms with Crippen LogP contribution in [0.4, 0.5) is 19.0 Å². The van der Waals surface area contributed by atoms with E-state index >= 15 is 0 Å². The van der Waals surface area contributed by atoms with Gasteiger partial charge < -0.3 is 20.4 Å². The lowest BCUT2D eigenvalue weighted by Crippen LogP contribution is -2.43. The molecule has 12 heteroatoms. The number of nitrogens with one attached hydrogen (secondary N) is 1. The first-order valence-corrected chi connectivity index (χ1v) is 9.03. The quantitative estimate of drug-likeness (QED) is 0.559. The second-order valence-corrected chi connectivity index (χ2v) is 6.52. The Morgan fingerprint density at radius 1 is 1.23 bits per heavy atom. The Labute approximate surface area is 174 Å². The van der Waals surface area contributed by atoms with E-state index < -0.39 is 12.1 Å². The van der Waals surface area contributed by atoms with Gasteiger partial charge in [0.2, 0.25) is 0 Å². The van der Waals surface area contributed by atoms with Gasteiger partial charge in [-0.1, -0.05) is 0 Å². The van der Waals surface area contributed by atoms with Crippen molar-refractivity contribution >= 4 is 17.3 Å². The van der Waals surface area contributed by atoms with Gasteiger partial charge in [-0.15, -0.1) is 0 Å². The molecule has 0 saturated carbocycles. The number of carboxylic acid groups (broad SMARTS) is 1. The van der Waals surface area contributed by atoms with Gasteiger partial charge >= 0.3 is 12.1 Å². The fourth-order valence-electron chi connectivity index (χ4n) is 3.04. The standard InChI is InChI=1S/C17H16N6O.C2HF3O2/c18-8-13-10-21-23-11-14(24)7-15(17(13)23)12-1-2-16(20-9-12)22-5-3-19-4-6-22;3-2(4,5)1(6)7/h1-2,7,9-11,19,24H,3-6H2;(H,6,7). The normalized spacial score (nSPS) is 13.9. The highest BCUT2D eigenvalue weighted by Gasteiger charge is 2.38. The SMILES string of the molecule is N#Cc1cnn2cc(O)cc(-c3ccc(N4CCNCC4)nc3)c12.O=C(O)C(F)(F)F. The minimum atomic E-state index is -5.08. The van der Waals surface area contributed by atoms with Gasteiger partial charge in [0, 0.05) is 43.5 Å². The molecule has 0 aromatic carbocycles. The summed E-state index contributed by atoms with van der Waals surface area (Å²) < 4.78 is 33.3. The van der Waals surface area contributed by atoms with Gasteiger partial charge in [-0.2, -0.15) is 23.5 Å². The smallest absolute Gasteiger partial charge is 0.490 e.